The molecule has 0 fully saturated rings. The minimum absolute atomic E-state index is 0.530. The molecule has 20 heavy (non-hydrogen) atoms. The molecule has 0 unspecified atom stereocenters. The topological polar surface area (TPSA) is 64.9 Å². The van der Waals surface area contributed by atoms with E-state index in [-0.39, 0.29) is 0 Å². The van der Waals surface area contributed by atoms with Crippen molar-refractivity contribution in [3.05, 3.63) is 22.9 Å². The van der Waals surface area contributed by atoms with Crippen LogP contribution in [0, 0.1) is 0 Å². The maximum absolute atomic E-state index is 11.8. The van der Waals surface area contributed by atoms with Crippen molar-refractivity contribution >= 4 is 33.2 Å². The van der Waals surface area contributed by atoms with Crippen LogP contribution in [0.4, 0.5) is 10.5 Å². The molecule has 0 aliphatic carbocycles. The van der Waals surface area contributed by atoms with E-state index in [1.165, 1.54) is 0 Å². The van der Waals surface area contributed by atoms with Gasteiger partial charge in [-0.2, -0.15) is 5.10 Å². The highest BCUT2D eigenvalue weighted by Crippen LogP contribution is 2.30. The Balaban J connectivity index is 2.34. The predicted octanol–water partition coefficient (Wildman–Crippen LogP) is 3.45. The summed E-state index contributed by atoms with van der Waals surface area (Å²) in [5.41, 5.74) is 0.644. The molecule has 2 aromatic rings. The Bertz CT molecular complexity index is 646. The number of ether oxygens (including phenoxy) is 2. The van der Waals surface area contributed by atoms with Gasteiger partial charge in [-0.05, 0) is 42.8 Å². The summed E-state index contributed by atoms with van der Waals surface area (Å²) in [5.74, 6) is 0.600. The van der Waals surface area contributed by atoms with Crippen molar-refractivity contribution in [1.82, 2.24) is 9.61 Å². The molecule has 0 aliphatic rings. The van der Waals surface area contributed by atoms with Crippen LogP contribution in [0.3, 0.4) is 0 Å². The number of carbonyl (C=O) groups is 1. The van der Waals surface area contributed by atoms with Gasteiger partial charge >= 0.3 is 6.09 Å². The number of hydrogen-bond acceptors (Lipinski definition) is 4. The van der Waals surface area contributed by atoms with Gasteiger partial charge < -0.3 is 9.47 Å². The number of carbonyl (C=O) groups excluding carboxylic acids is 1. The Labute approximate surface area is 125 Å². The predicted molar refractivity (Wildman–Crippen MR) is 79.3 cm³/mol. The van der Waals surface area contributed by atoms with Crippen LogP contribution in [0.15, 0.2) is 22.9 Å². The molecule has 0 spiro atoms. The second kappa shape index (κ2) is 5.32. The summed E-state index contributed by atoms with van der Waals surface area (Å²) in [6.45, 7) is 5.42. The van der Waals surface area contributed by atoms with Crippen LogP contribution >= 0.6 is 15.9 Å². The van der Waals surface area contributed by atoms with Gasteiger partial charge in [0, 0.05) is 10.7 Å². The molecule has 108 valence electrons. The van der Waals surface area contributed by atoms with E-state index in [0.29, 0.717) is 17.0 Å². The average Bonchev–Trinajstić information content (AvgIpc) is 2.68. The Morgan fingerprint density at radius 2 is 2.15 bits per heavy atom. The summed E-state index contributed by atoms with van der Waals surface area (Å²) < 4.78 is 13.0. The largest absolute Gasteiger partial charge is 0.494 e. The van der Waals surface area contributed by atoms with Crippen molar-refractivity contribution < 1.29 is 14.3 Å². The molecule has 6 nitrogen and oxygen atoms in total. The summed E-state index contributed by atoms with van der Waals surface area (Å²) >= 11 is 3.37. The first-order valence-corrected chi connectivity index (χ1v) is 6.80. The second-order valence-electron chi connectivity index (χ2n) is 5.21. The maximum Gasteiger partial charge on any atom is 0.412 e. The molecular formula is C13H16BrN3O3. The Morgan fingerprint density at radius 1 is 1.45 bits per heavy atom. The zero-order chi connectivity index (χ0) is 14.9. The zero-order valence-corrected chi connectivity index (χ0v) is 13.3. The number of aromatic nitrogens is 2. The number of methoxy groups -OCH3 is 1. The van der Waals surface area contributed by atoms with Crippen molar-refractivity contribution in [1.29, 1.82) is 0 Å². The quantitative estimate of drug-likeness (QED) is 0.908. The Kier molecular flexibility index (Phi) is 3.89. The Morgan fingerprint density at radius 3 is 2.75 bits per heavy atom. The van der Waals surface area contributed by atoms with Crippen LogP contribution in [-0.4, -0.2) is 28.4 Å². The normalized spacial score (nSPS) is 11.4. The van der Waals surface area contributed by atoms with E-state index < -0.39 is 11.7 Å². The summed E-state index contributed by atoms with van der Waals surface area (Å²) in [5, 5.41) is 6.85. The van der Waals surface area contributed by atoms with E-state index in [9.17, 15) is 4.79 Å². The van der Waals surface area contributed by atoms with E-state index in [4.69, 9.17) is 9.47 Å². The van der Waals surface area contributed by atoms with E-state index in [1.807, 2.05) is 0 Å². The van der Waals surface area contributed by atoms with Crippen molar-refractivity contribution in [2.75, 3.05) is 12.4 Å². The number of fused-ring (bicyclic) bond motifs is 1. The fourth-order valence-corrected chi connectivity index (χ4v) is 2.12. The number of nitrogens with zero attached hydrogens (tertiary/aromatic N) is 2. The summed E-state index contributed by atoms with van der Waals surface area (Å²) in [4.78, 5) is 11.8. The molecular weight excluding hydrogens is 326 g/mol. The molecule has 2 heterocycles. The number of hydrogen-bond donors (Lipinski definition) is 1. The van der Waals surface area contributed by atoms with Crippen molar-refractivity contribution in [3.8, 4) is 5.75 Å². The SMILES string of the molecule is COc1cc(Br)cn2ncc(NC(=O)OC(C)(C)C)c12. The lowest BCUT2D eigenvalue weighted by Crippen LogP contribution is -2.27. The molecule has 2 rings (SSSR count). The fourth-order valence-electron chi connectivity index (χ4n) is 1.71. The second-order valence-corrected chi connectivity index (χ2v) is 6.12. The number of halogens is 1. The van der Waals surface area contributed by atoms with Crippen LogP contribution in [0.5, 0.6) is 5.75 Å². The van der Waals surface area contributed by atoms with E-state index in [0.717, 1.165) is 4.47 Å². The monoisotopic (exact) mass is 341 g/mol. The highest BCUT2D eigenvalue weighted by Gasteiger charge is 2.19. The number of pyridine rings is 1. The molecule has 0 atom stereocenters. The third-order valence-corrected chi connectivity index (χ3v) is 2.83. The third kappa shape index (κ3) is 3.22. The summed E-state index contributed by atoms with van der Waals surface area (Å²) in [7, 11) is 1.56. The molecule has 7 heteroatoms. The number of rotatable bonds is 2. The van der Waals surface area contributed by atoms with Crippen LogP contribution in [-0.2, 0) is 4.74 Å². The van der Waals surface area contributed by atoms with Gasteiger partial charge in [-0.3, -0.25) is 5.32 Å². The van der Waals surface area contributed by atoms with Crippen LogP contribution in [0.2, 0.25) is 0 Å². The third-order valence-electron chi connectivity index (χ3n) is 2.40. The molecule has 0 aromatic carbocycles. The molecule has 0 bridgehead atoms. The molecule has 0 saturated carbocycles. The first kappa shape index (κ1) is 14.6. The van der Waals surface area contributed by atoms with Crippen LogP contribution < -0.4 is 10.1 Å². The van der Waals surface area contributed by atoms with Gasteiger partial charge in [-0.15, -0.1) is 0 Å². The number of anilines is 1. The molecule has 1 N–H and O–H groups in total. The van der Waals surface area contributed by atoms with Gasteiger partial charge in [0.05, 0.1) is 19.0 Å². The highest BCUT2D eigenvalue weighted by molar-refractivity contribution is 9.10. The summed E-state index contributed by atoms with van der Waals surface area (Å²) in [6, 6.07) is 1.80. The van der Waals surface area contributed by atoms with E-state index in [2.05, 4.69) is 26.3 Å². The first-order valence-electron chi connectivity index (χ1n) is 6.01. The molecule has 2 aromatic heterocycles. The van der Waals surface area contributed by atoms with Gasteiger partial charge in [0.2, 0.25) is 0 Å². The highest BCUT2D eigenvalue weighted by atomic mass is 79.9. The van der Waals surface area contributed by atoms with E-state index >= 15 is 0 Å². The lowest BCUT2D eigenvalue weighted by Gasteiger charge is -2.19. The lowest BCUT2D eigenvalue weighted by molar-refractivity contribution is 0.0636. The molecule has 0 aliphatic heterocycles. The van der Waals surface area contributed by atoms with Crippen LogP contribution in [0.1, 0.15) is 20.8 Å². The van der Waals surface area contributed by atoms with Gasteiger partial charge in [-0.1, -0.05) is 0 Å². The van der Waals surface area contributed by atoms with Gasteiger partial charge in [-0.25, -0.2) is 9.31 Å². The summed E-state index contributed by atoms with van der Waals surface area (Å²) in [6.07, 6.45) is 2.80. The van der Waals surface area contributed by atoms with Gasteiger partial charge in [0.1, 0.15) is 16.9 Å². The lowest BCUT2D eigenvalue weighted by atomic mass is 10.2. The number of nitrogens with one attached hydrogen (secondary N) is 1. The molecule has 0 saturated heterocycles. The molecule has 1 amide bonds. The first-order chi connectivity index (χ1) is 9.30. The maximum atomic E-state index is 11.8. The minimum Gasteiger partial charge on any atom is -0.494 e. The van der Waals surface area contributed by atoms with Crippen molar-refractivity contribution in [2.24, 2.45) is 0 Å². The van der Waals surface area contributed by atoms with Crippen molar-refractivity contribution in [3.63, 3.8) is 0 Å². The molecule has 0 radical (unpaired) electrons. The Hall–Kier alpha value is -1.76. The standard InChI is InChI=1S/C13H16BrN3O3/c1-13(2,3)20-12(18)16-9-6-15-17-7-8(14)5-10(19-4)11(9)17/h5-7H,1-4H3,(H,16,18). The van der Waals surface area contributed by atoms with Crippen molar-refractivity contribution in [2.45, 2.75) is 26.4 Å². The zero-order valence-electron chi connectivity index (χ0n) is 11.7. The van der Waals surface area contributed by atoms with Gasteiger partial charge in [0.25, 0.3) is 0 Å². The fraction of sp³-hybridized carbons (Fsp3) is 0.385. The number of amides is 1. The smallest absolute Gasteiger partial charge is 0.412 e. The average molecular weight is 342 g/mol. The van der Waals surface area contributed by atoms with E-state index in [1.54, 1.807) is 50.9 Å². The van der Waals surface area contributed by atoms with Gasteiger partial charge in [0.15, 0.2) is 0 Å². The minimum atomic E-state index is -0.555. The van der Waals surface area contributed by atoms with Crippen LogP contribution in [0.25, 0.3) is 5.52 Å².